The van der Waals surface area contributed by atoms with Gasteiger partial charge in [-0.2, -0.15) is 0 Å². The van der Waals surface area contributed by atoms with Crippen LogP contribution in [0, 0.1) is 0 Å². The van der Waals surface area contributed by atoms with Crippen molar-refractivity contribution in [2.45, 2.75) is 0 Å². The monoisotopic (exact) mass is 249 g/mol. The number of aliphatic hydroxyl groups is 1. The average molecular weight is 249 g/mol. The lowest BCUT2D eigenvalue weighted by Gasteiger charge is -1.93. The summed E-state index contributed by atoms with van der Waals surface area (Å²) in [6.07, 6.45) is 3.13. The van der Waals surface area contributed by atoms with Crippen molar-refractivity contribution in [2.75, 3.05) is 0 Å². The number of hydrogen-bond donors (Lipinski definition) is 2. The molecule has 0 saturated carbocycles. The quantitative estimate of drug-likeness (QED) is 0.250. The number of halogens is 1. The van der Waals surface area contributed by atoms with Gasteiger partial charge in [-0.15, -0.1) is 6.58 Å². The number of rotatable bonds is 2. The number of hydrogen-bond acceptors (Lipinski definition) is 2. The molecule has 4 heteroatoms. The van der Waals surface area contributed by atoms with Crippen molar-refractivity contribution in [3.8, 4) is 0 Å². The van der Waals surface area contributed by atoms with Gasteiger partial charge in [0.2, 0.25) is 0 Å². The molecule has 0 radical (unpaired) electrons. The van der Waals surface area contributed by atoms with Crippen LogP contribution in [0.5, 0.6) is 0 Å². The maximum absolute atomic E-state index is 9.03. The molecule has 0 aromatic heterocycles. The van der Waals surface area contributed by atoms with Crippen LogP contribution >= 0.6 is 22.6 Å². The summed E-state index contributed by atoms with van der Waals surface area (Å²) in [5.41, 5.74) is 5.94. The summed E-state index contributed by atoms with van der Waals surface area (Å²) in [6.45, 7) is 3.54. The van der Waals surface area contributed by atoms with Crippen molar-refractivity contribution in [1.29, 1.82) is 0 Å². The summed E-state index contributed by atoms with van der Waals surface area (Å²) in [7, 11) is 1.73. The molecule has 0 amide bonds. The van der Waals surface area contributed by atoms with Gasteiger partial charge in [-0.3, -0.25) is 0 Å². The fourth-order valence-electron chi connectivity index (χ4n) is 0.301. The molecule has 0 aliphatic heterocycles. The van der Waals surface area contributed by atoms with Crippen molar-refractivity contribution in [2.24, 2.45) is 5.73 Å². The molecule has 0 aromatic carbocycles. The van der Waals surface area contributed by atoms with Crippen LogP contribution in [0.1, 0.15) is 0 Å². The molecule has 0 spiro atoms. The van der Waals surface area contributed by atoms with Gasteiger partial charge < -0.3 is 10.8 Å². The van der Waals surface area contributed by atoms with E-state index < -0.39 is 0 Å². The molecule has 0 saturated heterocycles. The molecule has 0 heterocycles. The van der Waals surface area contributed by atoms with Crippen LogP contribution in [0.3, 0.4) is 0 Å². The topological polar surface area (TPSA) is 46.2 Å². The Morgan fingerprint density at radius 3 is 2.40 bits per heavy atom. The molecule has 3 N–H and O–H groups in total. The molecular formula is C6H9BINO. The first-order valence-corrected chi connectivity index (χ1v) is 3.79. The lowest BCUT2D eigenvalue weighted by atomic mass is 9.96. The second kappa shape index (κ2) is 4.43. The predicted molar refractivity (Wildman–Crippen MR) is 54.7 cm³/mol. The second-order valence-corrected chi connectivity index (χ2v) is 3.13. The zero-order chi connectivity index (χ0) is 8.15. The van der Waals surface area contributed by atoms with Crippen molar-refractivity contribution < 1.29 is 5.11 Å². The first-order chi connectivity index (χ1) is 4.54. The summed E-state index contributed by atoms with van der Waals surface area (Å²) in [4.78, 5) is 0. The van der Waals surface area contributed by atoms with Crippen molar-refractivity contribution in [1.82, 2.24) is 0 Å². The molecule has 54 valence electrons. The molecule has 0 atom stereocenters. The molecule has 0 aliphatic carbocycles. The summed E-state index contributed by atoms with van der Waals surface area (Å²) in [5, 5.41) is 9.03. The maximum Gasteiger partial charge on any atom is 0.143 e. The summed E-state index contributed by atoms with van der Waals surface area (Å²) in [5.74, 6) is 0.166. The van der Waals surface area contributed by atoms with Gasteiger partial charge in [0.05, 0.1) is 3.70 Å². The molecular weight excluding hydrogens is 240 g/mol. The number of aliphatic hydroxyl groups excluding tert-OH is 1. The summed E-state index contributed by atoms with van der Waals surface area (Å²) >= 11 is 1.95. The van der Waals surface area contributed by atoms with E-state index in [1.54, 1.807) is 13.9 Å². The second-order valence-electron chi connectivity index (χ2n) is 1.88. The van der Waals surface area contributed by atoms with Crippen molar-refractivity contribution >= 4 is 30.4 Å². The average Bonchev–Trinajstić information content (AvgIpc) is 1.82. The Bertz CT molecular complexity index is 194. The lowest BCUT2D eigenvalue weighted by Crippen LogP contribution is -1.87. The third-order valence-corrected chi connectivity index (χ3v) is 1.20. The van der Waals surface area contributed by atoms with Crippen LogP contribution in [0.15, 0.2) is 33.7 Å². The van der Waals surface area contributed by atoms with Crippen LogP contribution in [0.4, 0.5) is 0 Å². The van der Waals surface area contributed by atoms with E-state index in [1.165, 1.54) is 6.08 Å². The van der Waals surface area contributed by atoms with Crippen LogP contribution in [0.25, 0.3) is 0 Å². The van der Waals surface area contributed by atoms with Crippen molar-refractivity contribution in [3.05, 3.63) is 33.7 Å². The van der Waals surface area contributed by atoms with Gasteiger partial charge in [0.25, 0.3) is 0 Å². The molecule has 10 heavy (non-hydrogen) atoms. The highest BCUT2D eigenvalue weighted by atomic mass is 127. The minimum absolute atomic E-state index is 0.166. The minimum Gasteiger partial charge on any atom is -0.509 e. The molecule has 0 aliphatic rings. The van der Waals surface area contributed by atoms with E-state index in [9.17, 15) is 0 Å². The Morgan fingerprint density at radius 2 is 2.10 bits per heavy atom. The molecule has 0 fully saturated rings. The van der Waals surface area contributed by atoms with Gasteiger partial charge in [-0.1, -0.05) is 5.47 Å². The highest BCUT2D eigenvalue weighted by molar-refractivity contribution is 14.1. The molecule has 0 rings (SSSR count). The first-order valence-electron chi connectivity index (χ1n) is 2.72. The largest absolute Gasteiger partial charge is 0.509 e. The normalized spacial score (nSPS) is 13.3. The predicted octanol–water partition coefficient (Wildman–Crippen LogP) is 0.810. The Hall–Kier alpha value is -0.385. The number of allylic oxidation sites excluding steroid dienone is 3. The Kier molecular flexibility index (Phi) is 4.26. The number of nitrogens with two attached hydrogens (primary N) is 1. The highest BCUT2D eigenvalue weighted by Crippen LogP contribution is 2.01. The molecule has 0 aromatic rings. The Balaban J connectivity index is 4.19. The van der Waals surface area contributed by atoms with Crippen LogP contribution in [0.2, 0.25) is 0 Å². The summed E-state index contributed by atoms with van der Waals surface area (Å²) in [6, 6.07) is 0. The van der Waals surface area contributed by atoms with Gasteiger partial charge in [-0.25, -0.2) is 0 Å². The third kappa shape index (κ3) is 4.49. The molecule has 2 nitrogen and oxygen atoms in total. The zero-order valence-electron chi connectivity index (χ0n) is 5.76. The zero-order valence-corrected chi connectivity index (χ0v) is 7.92. The van der Waals surface area contributed by atoms with E-state index in [2.05, 4.69) is 6.58 Å². The lowest BCUT2D eigenvalue weighted by molar-refractivity contribution is 0.430. The minimum atomic E-state index is 0.166. The highest BCUT2D eigenvalue weighted by Gasteiger charge is 1.88. The van der Waals surface area contributed by atoms with E-state index in [0.29, 0.717) is 9.18 Å². The standard InChI is InChI=1S/C6H9BINO/c1-4(7)5(10)2-3-6(8)9/h2-3,10H,1,7,9H2/b5-2+,6-3-. The fourth-order valence-corrected chi connectivity index (χ4v) is 0.481. The van der Waals surface area contributed by atoms with E-state index in [1.807, 2.05) is 22.6 Å². The van der Waals surface area contributed by atoms with Gasteiger partial charge in [-0.05, 0) is 34.7 Å². The smallest absolute Gasteiger partial charge is 0.143 e. The van der Waals surface area contributed by atoms with Crippen molar-refractivity contribution in [3.63, 3.8) is 0 Å². The SMILES string of the molecule is BC(=C)/C(O)=C\C=C(/N)I. The van der Waals surface area contributed by atoms with E-state index in [-0.39, 0.29) is 5.76 Å². The van der Waals surface area contributed by atoms with Crippen LogP contribution < -0.4 is 5.73 Å². The third-order valence-electron chi connectivity index (χ3n) is 0.838. The van der Waals surface area contributed by atoms with Gasteiger partial charge in [0.1, 0.15) is 13.6 Å². The van der Waals surface area contributed by atoms with Gasteiger partial charge in [0.15, 0.2) is 0 Å². The molecule has 0 bridgehead atoms. The van der Waals surface area contributed by atoms with Gasteiger partial charge in [0, 0.05) is 0 Å². The van der Waals surface area contributed by atoms with Crippen LogP contribution in [-0.2, 0) is 0 Å². The maximum atomic E-state index is 9.03. The fraction of sp³-hybridized carbons (Fsp3) is 0. The van der Waals surface area contributed by atoms with Gasteiger partial charge >= 0.3 is 0 Å². The molecule has 0 unspecified atom stereocenters. The van der Waals surface area contributed by atoms with E-state index in [4.69, 9.17) is 10.8 Å². The van der Waals surface area contributed by atoms with E-state index in [0.717, 1.165) is 0 Å². The summed E-state index contributed by atoms with van der Waals surface area (Å²) < 4.78 is 0.630. The van der Waals surface area contributed by atoms with E-state index >= 15 is 0 Å². The first kappa shape index (κ1) is 9.61. The Labute approximate surface area is 75.0 Å². The van der Waals surface area contributed by atoms with Crippen LogP contribution in [-0.4, -0.2) is 13.0 Å². The Morgan fingerprint density at radius 1 is 1.60 bits per heavy atom.